The van der Waals surface area contributed by atoms with Crippen LogP contribution < -0.4 is 9.47 Å². The zero-order chi connectivity index (χ0) is 25.4. The average molecular weight is 511 g/mol. The zero-order valence-electron chi connectivity index (χ0n) is 22.8. The van der Waals surface area contributed by atoms with Crippen molar-refractivity contribution in [3.63, 3.8) is 0 Å². The highest BCUT2D eigenvalue weighted by atomic mass is 16.7. The van der Waals surface area contributed by atoms with Gasteiger partial charge in [-0.3, -0.25) is 9.80 Å². The SMILES string of the molecule is C[C@]12C[C@H](N3CCN(Cc4ccc5c(c4)OCO5)CC3)[C@@H](O)C[C@@H]1CC[C@@H]1[C@@H]2CC[C@]2(C)[C@@H](O)CC[C@@H]12. The molecule has 0 amide bonds. The molecule has 4 aliphatic carbocycles. The van der Waals surface area contributed by atoms with Gasteiger partial charge >= 0.3 is 0 Å². The van der Waals surface area contributed by atoms with Gasteiger partial charge in [0.1, 0.15) is 0 Å². The van der Waals surface area contributed by atoms with E-state index in [0.717, 1.165) is 75.3 Å². The number of hydrogen-bond acceptors (Lipinski definition) is 6. The molecule has 2 aliphatic heterocycles. The van der Waals surface area contributed by atoms with Gasteiger partial charge in [-0.05, 0) is 104 Å². The van der Waals surface area contributed by atoms with Gasteiger partial charge in [0.05, 0.1) is 12.2 Å². The Kier molecular flexibility index (Phi) is 6.08. The van der Waals surface area contributed by atoms with Crippen molar-refractivity contribution < 1.29 is 19.7 Å². The molecule has 5 fully saturated rings. The molecule has 0 bridgehead atoms. The number of rotatable bonds is 3. The number of piperazine rings is 1. The number of fused-ring (bicyclic) bond motifs is 6. The molecular weight excluding hydrogens is 464 g/mol. The molecule has 37 heavy (non-hydrogen) atoms. The fourth-order valence-corrected chi connectivity index (χ4v) is 10.2. The predicted molar refractivity (Wildman–Crippen MR) is 142 cm³/mol. The topological polar surface area (TPSA) is 65.4 Å². The predicted octanol–water partition coefficient (Wildman–Crippen LogP) is 4.28. The van der Waals surface area contributed by atoms with Crippen LogP contribution in [0.3, 0.4) is 0 Å². The van der Waals surface area contributed by atoms with Crippen LogP contribution in [0.25, 0.3) is 0 Å². The second kappa shape index (κ2) is 9.11. The summed E-state index contributed by atoms with van der Waals surface area (Å²) in [7, 11) is 0. The van der Waals surface area contributed by atoms with Crippen LogP contribution in [0.15, 0.2) is 18.2 Å². The first-order valence-electron chi connectivity index (χ1n) is 15.1. The Morgan fingerprint density at radius 2 is 1.68 bits per heavy atom. The van der Waals surface area contributed by atoms with E-state index in [1.807, 2.05) is 6.07 Å². The van der Waals surface area contributed by atoms with Crippen molar-refractivity contribution in [1.29, 1.82) is 0 Å². The van der Waals surface area contributed by atoms with Crippen molar-refractivity contribution in [3.05, 3.63) is 23.8 Å². The highest BCUT2D eigenvalue weighted by molar-refractivity contribution is 5.44. The standard InChI is InChI=1S/C31H46N2O4/c1-30-10-9-24-22(23(30)6-8-29(30)35)5-4-21-16-26(34)25(17-31(21,24)2)33-13-11-32(12-14-33)18-20-3-7-27-28(15-20)37-19-36-27/h3,7,15,21-26,29,34-35H,4-6,8-14,16-19H2,1-2H3/t21-,22-,23-,24-,25-,26-,29-,30-,31-/m0/s1. The highest BCUT2D eigenvalue weighted by Gasteiger charge is 2.61. The third-order valence-corrected chi connectivity index (χ3v) is 12.4. The van der Waals surface area contributed by atoms with E-state index >= 15 is 0 Å². The fourth-order valence-electron chi connectivity index (χ4n) is 10.2. The van der Waals surface area contributed by atoms with Crippen molar-refractivity contribution in [2.24, 2.45) is 34.5 Å². The summed E-state index contributed by atoms with van der Waals surface area (Å²) in [6.45, 7) is 10.4. The minimum atomic E-state index is -0.197. The lowest BCUT2D eigenvalue weighted by molar-refractivity contribution is -0.155. The van der Waals surface area contributed by atoms with Crippen molar-refractivity contribution in [2.45, 2.75) is 90.0 Å². The molecule has 0 aromatic heterocycles. The van der Waals surface area contributed by atoms with Crippen LogP contribution in [0.4, 0.5) is 0 Å². The molecule has 9 atom stereocenters. The Morgan fingerprint density at radius 1 is 0.892 bits per heavy atom. The molecule has 0 spiro atoms. The van der Waals surface area contributed by atoms with Gasteiger partial charge in [-0.15, -0.1) is 0 Å². The van der Waals surface area contributed by atoms with Gasteiger partial charge in [-0.2, -0.15) is 0 Å². The van der Waals surface area contributed by atoms with Crippen LogP contribution in [-0.2, 0) is 6.54 Å². The monoisotopic (exact) mass is 510 g/mol. The lowest BCUT2D eigenvalue weighted by atomic mass is 9.44. The third-order valence-electron chi connectivity index (χ3n) is 12.4. The van der Waals surface area contributed by atoms with E-state index in [0.29, 0.717) is 24.0 Å². The Balaban J connectivity index is 1.02. The normalized spacial score (nSPS) is 45.8. The van der Waals surface area contributed by atoms with E-state index in [-0.39, 0.29) is 23.7 Å². The van der Waals surface area contributed by atoms with Crippen LogP contribution in [0, 0.1) is 34.5 Å². The van der Waals surface area contributed by atoms with Gasteiger partial charge in [0.15, 0.2) is 11.5 Å². The molecule has 6 nitrogen and oxygen atoms in total. The Hall–Kier alpha value is -1.34. The van der Waals surface area contributed by atoms with Gasteiger partial charge in [0.2, 0.25) is 6.79 Å². The number of aliphatic hydroxyl groups is 2. The smallest absolute Gasteiger partial charge is 0.231 e. The maximum Gasteiger partial charge on any atom is 0.231 e. The van der Waals surface area contributed by atoms with E-state index in [1.54, 1.807) is 0 Å². The summed E-state index contributed by atoms with van der Waals surface area (Å²) in [5.74, 6) is 4.60. The summed E-state index contributed by atoms with van der Waals surface area (Å²) < 4.78 is 11.0. The number of benzene rings is 1. The Morgan fingerprint density at radius 3 is 2.51 bits per heavy atom. The first kappa shape index (κ1) is 24.7. The second-order valence-electron chi connectivity index (χ2n) is 13.9. The minimum absolute atomic E-state index is 0.0983. The van der Waals surface area contributed by atoms with E-state index in [4.69, 9.17) is 9.47 Å². The van der Waals surface area contributed by atoms with Crippen molar-refractivity contribution in [3.8, 4) is 11.5 Å². The summed E-state index contributed by atoms with van der Waals surface area (Å²) in [4.78, 5) is 5.16. The van der Waals surface area contributed by atoms with Crippen molar-refractivity contribution in [1.82, 2.24) is 9.80 Å². The molecule has 1 aromatic rings. The average Bonchev–Trinajstić information content (AvgIpc) is 3.48. The van der Waals surface area contributed by atoms with Crippen LogP contribution in [0.5, 0.6) is 11.5 Å². The maximum absolute atomic E-state index is 11.4. The zero-order valence-corrected chi connectivity index (χ0v) is 22.8. The van der Waals surface area contributed by atoms with Crippen molar-refractivity contribution in [2.75, 3.05) is 33.0 Å². The van der Waals surface area contributed by atoms with E-state index in [2.05, 4.69) is 35.8 Å². The first-order chi connectivity index (χ1) is 17.8. The molecular formula is C31H46N2O4. The quantitative estimate of drug-likeness (QED) is 0.633. The molecule has 0 unspecified atom stereocenters. The molecule has 2 N–H and O–H groups in total. The lowest BCUT2D eigenvalue weighted by Crippen LogP contribution is -2.61. The van der Waals surface area contributed by atoms with Gasteiger partial charge in [-0.1, -0.05) is 19.9 Å². The molecule has 0 radical (unpaired) electrons. The van der Waals surface area contributed by atoms with E-state index in [1.165, 1.54) is 37.7 Å². The molecule has 7 rings (SSSR count). The molecule has 6 heteroatoms. The Labute approximate surface area is 222 Å². The van der Waals surface area contributed by atoms with Crippen molar-refractivity contribution >= 4 is 0 Å². The summed E-state index contributed by atoms with van der Waals surface area (Å²) in [5.41, 5.74) is 1.75. The molecule has 2 heterocycles. The van der Waals surface area contributed by atoms with E-state index in [9.17, 15) is 10.2 Å². The van der Waals surface area contributed by atoms with Crippen LogP contribution in [0.2, 0.25) is 0 Å². The maximum atomic E-state index is 11.4. The van der Waals surface area contributed by atoms with Gasteiger partial charge < -0.3 is 19.7 Å². The van der Waals surface area contributed by atoms with Gasteiger partial charge in [0.25, 0.3) is 0 Å². The fraction of sp³-hybridized carbons (Fsp3) is 0.806. The molecule has 1 aromatic carbocycles. The van der Waals surface area contributed by atoms with E-state index < -0.39 is 0 Å². The number of ether oxygens (including phenoxy) is 2. The first-order valence-corrected chi connectivity index (χ1v) is 15.1. The lowest BCUT2D eigenvalue weighted by Gasteiger charge is -2.62. The summed E-state index contributed by atoms with van der Waals surface area (Å²) >= 11 is 0. The number of aliphatic hydroxyl groups excluding tert-OH is 2. The minimum Gasteiger partial charge on any atom is -0.454 e. The van der Waals surface area contributed by atoms with Crippen LogP contribution >= 0.6 is 0 Å². The summed E-state index contributed by atoms with van der Waals surface area (Å²) in [5, 5.41) is 22.2. The molecule has 204 valence electrons. The van der Waals surface area contributed by atoms with Crippen LogP contribution in [-0.4, -0.2) is 71.2 Å². The Bertz CT molecular complexity index is 1010. The molecule has 1 saturated heterocycles. The second-order valence-corrected chi connectivity index (χ2v) is 13.9. The molecule has 4 saturated carbocycles. The summed E-state index contributed by atoms with van der Waals surface area (Å²) in [6.07, 6.45) is 9.10. The number of nitrogens with zero attached hydrogens (tertiary/aromatic N) is 2. The third kappa shape index (κ3) is 3.96. The largest absolute Gasteiger partial charge is 0.454 e. The summed E-state index contributed by atoms with van der Waals surface area (Å²) in [6, 6.07) is 6.60. The van der Waals surface area contributed by atoms with Gasteiger partial charge in [0, 0.05) is 38.8 Å². The number of hydrogen-bond donors (Lipinski definition) is 2. The van der Waals surface area contributed by atoms with Crippen LogP contribution in [0.1, 0.15) is 70.8 Å². The van der Waals surface area contributed by atoms with Gasteiger partial charge in [-0.25, -0.2) is 0 Å². The highest BCUT2D eigenvalue weighted by Crippen LogP contribution is 2.66. The molecule has 6 aliphatic rings.